The minimum Gasteiger partial charge on any atom is -0.354 e. The molecule has 2 atom stereocenters. The second-order valence-corrected chi connectivity index (χ2v) is 4.75. The van der Waals surface area contributed by atoms with Crippen LogP contribution >= 0.6 is 0 Å². The van der Waals surface area contributed by atoms with Crippen molar-refractivity contribution in [2.45, 2.75) is 38.1 Å². The molecule has 3 heteroatoms. The van der Waals surface area contributed by atoms with Crippen LogP contribution in [0.5, 0.6) is 0 Å². The van der Waals surface area contributed by atoms with Crippen molar-refractivity contribution in [1.29, 1.82) is 0 Å². The van der Waals surface area contributed by atoms with Gasteiger partial charge in [-0.15, -0.1) is 0 Å². The van der Waals surface area contributed by atoms with Gasteiger partial charge >= 0.3 is 0 Å². The lowest BCUT2D eigenvalue weighted by molar-refractivity contribution is -0.123. The molecule has 2 unspecified atom stereocenters. The highest BCUT2D eigenvalue weighted by Crippen LogP contribution is 2.38. The van der Waals surface area contributed by atoms with Gasteiger partial charge in [-0.2, -0.15) is 0 Å². The lowest BCUT2D eigenvalue weighted by Gasteiger charge is -2.38. The molecule has 0 saturated heterocycles. The molecule has 0 aromatic rings. The smallest absolute Gasteiger partial charge is 0.223 e. The molecule has 13 heavy (non-hydrogen) atoms. The van der Waals surface area contributed by atoms with Gasteiger partial charge in [-0.25, -0.2) is 0 Å². The molecule has 2 rings (SSSR count). The van der Waals surface area contributed by atoms with E-state index >= 15 is 0 Å². The lowest BCUT2D eigenvalue weighted by Crippen LogP contribution is -2.55. The van der Waals surface area contributed by atoms with E-state index in [1.54, 1.807) is 0 Å². The minimum atomic E-state index is -0.0756. The summed E-state index contributed by atoms with van der Waals surface area (Å²) in [5.41, 5.74) is 5.92. The Kier molecular flexibility index (Phi) is 2.06. The molecular weight excluding hydrogens is 164 g/mol. The van der Waals surface area contributed by atoms with Crippen LogP contribution < -0.4 is 11.1 Å². The third-order valence-electron chi connectivity index (χ3n) is 3.41. The van der Waals surface area contributed by atoms with Crippen LogP contribution in [-0.2, 0) is 4.79 Å². The zero-order chi connectivity index (χ0) is 9.47. The van der Waals surface area contributed by atoms with Crippen molar-refractivity contribution in [1.82, 2.24) is 5.32 Å². The topological polar surface area (TPSA) is 55.1 Å². The standard InChI is InChI=1S/C10H18N2O/c1-7-5-8(7)9(13)12-6-10(11)3-2-4-10/h7-8H,2-6,11H2,1H3,(H,12,13). The molecule has 3 nitrogen and oxygen atoms in total. The summed E-state index contributed by atoms with van der Waals surface area (Å²) >= 11 is 0. The van der Waals surface area contributed by atoms with Gasteiger partial charge in [-0.3, -0.25) is 4.79 Å². The summed E-state index contributed by atoms with van der Waals surface area (Å²) in [6.45, 7) is 2.79. The number of nitrogens with two attached hydrogens (primary N) is 1. The number of hydrogen-bond donors (Lipinski definition) is 2. The van der Waals surface area contributed by atoms with E-state index in [2.05, 4.69) is 12.2 Å². The zero-order valence-electron chi connectivity index (χ0n) is 8.18. The van der Waals surface area contributed by atoms with Gasteiger partial charge in [0.25, 0.3) is 0 Å². The Balaban J connectivity index is 1.70. The first-order chi connectivity index (χ1) is 6.11. The average Bonchev–Trinajstić information content (AvgIpc) is 2.75. The Morgan fingerprint density at radius 2 is 2.23 bits per heavy atom. The van der Waals surface area contributed by atoms with E-state index in [0.717, 1.165) is 19.3 Å². The zero-order valence-corrected chi connectivity index (χ0v) is 8.18. The van der Waals surface area contributed by atoms with Crippen LogP contribution in [0.3, 0.4) is 0 Å². The number of nitrogens with one attached hydrogen (secondary N) is 1. The Bertz CT molecular complexity index is 223. The molecule has 74 valence electrons. The fourth-order valence-electron chi connectivity index (χ4n) is 1.89. The maximum absolute atomic E-state index is 11.4. The Morgan fingerprint density at radius 3 is 2.62 bits per heavy atom. The fourth-order valence-corrected chi connectivity index (χ4v) is 1.89. The quantitative estimate of drug-likeness (QED) is 0.673. The molecule has 1 amide bonds. The summed E-state index contributed by atoms with van der Waals surface area (Å²) in [4.78, 5) is 11.4. The summed E-state index contributed by atoms with van der Waals surface area (Å²) in [6, 6.07) is 0. The van der Waals surface area contributed by atoms with Crippen LogP contribution in [0.25, 0.3) is 0 Å². The average molecular weight is 182 g/mol. The van der Waals surface area contributed by atoms with Gasteiger partial charge in [0, 0.05) is 18.0 Å². The third kappa shape index (κ3) is 1.85. The predicted octanol–water partition coefficient (Wildman–Crippen LogP) is 0.640. The van der Waals surface area contributed by atoms with Crippen molar-refractivity contribution >= 4 is 5.91 Å². The van der Waals surface area contributed by atoms with E-state index in [4.69, 9.17) is 5.73 Å². The first-order valence-electron chi connectivity index (χ1n) is 5.17. The number of carbonyl (C=O) groups is 1. The number of amides is 1. The van der Waals surface area contributed by atoms with E-state index in [9.17, 15) is 4.79 Å². The van der Waals surface area contributed by atoms with Crippen molar-refractivity contribution < 1.29 is 4.79 Å². The first-order valence-corrected chi connectivity index (χ1v) is 5.17. The highest BCUT2D eigenvalue weighted by molar-refractivity contribution is 5.81. The van der Waals surface area contributed by atoms with Crippen molar-refractivity contribution in [3.63, 3.8) is 0 Å². The van der Waals surface area contributed by atoms with Gasteiger partial charge in [-0.05, 0) is 31.6 Å². The molecule has 0 aliphatic heterocycles. The van der Waals surface area contributed by atoms with E-state index in [0.29, 0.717) is 12.5 Å². The molecule has 2 aliphatic carbocycles. The summed E-state index contributed by atoms with van der Waals surface area (Å²) in [6.07, 6.45) is 4.40. The lowest BCUT2D eigenvalue weighted by atomic mass is 9.78. The Hall–Kier alpha value is -0.570. The molecule has 2 saturated carbocycles. The van der Waals surface area contributed by atoms with Gasteiger partial charge < -0.3 is 11.1 Å². The first kappa shape index (κ1) is 9.00. The number of carbonyl (C=O) groups excluding carboxylic acids is 1. The molecule has 3 N–H and O–H groups in total. The van der Waals surface area contributed by atoms with Gasteiger partial charge in [0.05, 0.1) is 0 Å². The maximum atomic E-state index is 11.4. The molecule has 2 fully saturated rings. The van der Waals surface area contributed by atoms with Gasteiger partial charge in [0.2, 0.25) is 5.91 Å². The Morgan fingerprint density at radius 1 is 1.62 bits per heavy atom. The van der Waals surface area contributed by atoms with Crippen molar-refractivity contribution in [3.8, 4) is 0 Å². The SMILES string of the molecule is CC1CC1C(=O)NCC1(N)CCC1. The van der Waals surface area contributed by atoms with Crippen molar-refractivity contribution in [3.05, 3.63) is 0 Å². The van der Waals surface area contributed by atoms with Crippen LogP contribution in [0, 0.1) is 11.8 Å². The Labute approximate surface area is 79.1 Å². The number of rotatable bonds is 3. The van der Waals surface area contributed by atoms with Crippen LogP contribution in [-0.4, -0.2) is 18.0 Å². The molecule has 2 aliphatic rings. The van der Waals surface area contributed by atoms with Crippen LogP contribution in [0.15, 0.2) is 0 Å². The van der Waals surface area contributed by atoms with E-state index in [-0.39, 0.29) is 17.4 Å². The summed E-state index contributed by atoms with van der Waals surface area (Å²) in [7, 11) is 0. The monoisotopic (exact) mass is 182 g/mol. The predicted molar refractivity (Wildman–Crippen MR) is 51.1 cm³/mol. The van der Waals surface area contributed by atoms with Crippen molar-refractivity contribution in [2.24, 2.45) is 17.6 Å². The maximum Gasteiger partial charge on any atom is 0.223 e. The summed E-state index contributed by atoms with van der Waals surface area (Å²) in [5, 5.41) is 2.95. The van der Waals surface area contributed by atoms with E-state index in [1.807, 2.05) is 0 Å². The van der Waals surface area contributed by atoms with E-state index < -0.39 is 0 Å². The largest absolute Gasteiger partial charge is 0.354 e. The normalized spacial score (nSPS) is 34.9. The molecule has 0 heterocycles. The van der Waals surface area contributed by atoms with Crippen LogP contribution in [0.1, 0.15) is 32.6 Å². The second kappa shape index (κ2) is 2.98. The third-order valence-corrected chi connectivity index (χ3v) is 3.41. The molecule has 0 spiro atoms. The molecular formula is C10H18N2O. The van der Waals surface area contributed by atoms with Crippen LogP contribution in [0.4, 0.5) is 0 Å². The number of hydrogen-bond acceptors (Lipinski definition) is 2. The summed E-state index contributed by atoms with van der Waals surface area (Å²) in [5.74, 6) is 1.09. The highest BCUT2D eigenvalue weighted by atomic mass is 16.2. The molecule has 0 aromatic heterocycles. The highest BCUT2D eigenvalue weighted by Gasteiger charge is 2.40. The van der Waals surface area contributed by atoms with Crippen LogP contribution in [0.2, 0.25) is 0 Å². The molecule has 0 bridgehead atoms. The van der Waals surface area contributed by atoms with Gasteiger partial charge in [0.15, 0.2) is 0 Å². The minimum absolute atomic E-state index is 0.0756. The summed E-state index contributed by atoms with van der Waals surface area (Å²) < 4.78 is 0. The van der Waals surface area contributed by atoms with Gasteiger partial charge in [0.1, 0.15) is 0 Å². The second-order valence-electron chi connectivity index (χ2n) is 4.75. The van der Waals surface area contributed by atoms with E-state index in [1.165, 1.54) is 6.42 Å². The van der Waals surface area contributed by atoms with Gasteiger partial charge in [-0.1, -0.05) is 6.92 Å². The molecule has 0 radical (unpaired) electrons. The fraction of sp³-hybridized carbons (Fsp3) is 0.900. The molecule has 0 aromatic carbocycles. The van der Waals surface area contributed by atoms with Crippen molar-refractivity contribution in [2.75, 3.05) is 6.54 Å².